The number of carbonyl (C=O) groups excluding carboxylic acids is 1. The number of nitrogens with zero attached hydrogens (tertiary/aromatic N) is 2. The Labute approximate surface area is 107 Å². The number of likely N-dealkylation sites (N-methyl/N-ethyl adjacent to an activating group) is 2. The first-order valence-electron chi connectivity index (χ1n) is 6.16. The first kappa shape index (κ1) is 11.4. The second-order valence-corrected chi connectivity index (χ2v) is 5.47. The van der Waals surface area contributed by atoms with Gasteiger partial charge in [-0.25, -0.2) is 0 Å². The number of rotatable bonds is 1. The lowest BCUT2D eigenvalue weighted by Gasteiger charge is -2.32. The van der Waals surface area contributed by atoms with Gasteiger partial charge < -0.3 is 14.5 Å². The number of benzene rings is 1. The Kier molecular flexibility index (Phi) is 2.15. The molecule has 4 heteroatoms. The van der Waals surface area contributed by atoms with Crippen molar-refractivity contribution in [3.63, 3.8) is 0 Å². The summed E-state index contributed by atoms with van der Waals surface area (Å²) >= 11 is 0. The number of hydrogen-bond donors (Lipinski definition) is 0. The number of anilines is 1. The van der Waals surface area contributed by atoms with Gasteiger partial charge >= 0.3 is 0 Å². The zero-order valence-corrected chi connectivity index (χ0v) is 11.2. The van der Waals surface area contributed by atoms with Crippen molar-refractivity contribution in [3.8, 4) is 5.75 Å². The Balaban J connectivity index is 2.18. The van der Waals surface area contributed by atoms with Crippen LogP contribution < -0.4 is 9.64 Å². The third-order valence-corrected chi connectivity index (χ3v) is 4.41. The van der Waals surface area contributed by atoms with Crippen LogP contribution in [0.4, 0.5) is 5.69 Å². The summed E-state index contributed by atoms with van der Waals surface area (Å²) in [4.78, 5) is 16.0. The molecule has 4 nitrogen and oxygen atoms in total. The van der Waals surface area contributed by atoms with Crippen molar-refractivity contribution in [1.82, 2.24) is 4.90 Å². The standard InChI is InChI=1S/C14H18N2O2/c1-14-8-12(17)16(3)13(14)15(2)11-6-5-9(18-4)7-10(11)14/h5-7,13H,8H2,1-4H3/t13-,14-/m0/s1. The maximum absolute atomic E-state index is 12.0. The average Bonchev–Trinajstić information content (AvgIpc) is 2.71. The van der Waals surface area contributed by atoms with Crippen LogP contribution in [-0.4, -0.2) is 38.2 Å². The number of amides is 1. The number of methoxy groups -OCH3 is 1. The van der Waals surface area contributed by atoms with E-state index in [0.717, 1.165) is 5.75 Å². The van der Waals surface area contributed by atoms with Gasteiger partial charge in [0.05, 0.1) is 7.11 Å². The average molecular weight is 246 g/mol. The number of ether oxygens (including phenoxy) is 1. The van der Waals surface area contributed by atoms with Gasteiger partial charge in [-0.1, -0.05) is 6.92 Å². The van der Waals surface area contributed by atoms with Crippen molar-refractivity contribution >= 4 is 11.6 Å². The van der Waals surface area contributed by atoms with Crippen LogP contribution in [0, 0.1) is 0 Å². The highest BCUT2D eigenvalue weighted by Crippen LogP contribution is 2.52. The molecule has 0 bridgehead atoms. The molecule has 2 atom stereocenters. The second-order valence-electron chi connectivity index (χ2n) is 5.47. The lowest BCUT2D eigenvalue weighted by atomic mass is 9.81. The fourth-order valence-electron chi connectivity index (χ4n) is 3.55. The van der Waals surface area contributed by atoms with Gasteiger partial charge in [0.15, 0.2) is 0 Å². The maximum atomic E-state index is 12.0. The van der Waals surface area contributed by atoms with E-state index < -0.39 is 0 Å². The van der Waals surface area contributed by atoms with Crippen LogP contribution in [0.15, 0.2) is 18.2 Å². The molecule has 18 heavy (non-hydrogen) atoms. The minimum Gasteiger partial charge on any atom is -0.497 e. The lowest BCUT2D eigenvalue weighted by Crippen LogP contribution is -2.46. The van der Waals surface area contributed by atoms with Crippen molar-refractivity contribution in [2.24, 2.45) is 0 Å². The van der Waals surface area contributed by atoms with E-state index >= 15 is 0 Å². The van der Waals surface area contributed by atoms with E-state index in [1.165, 1.54) is 11.3 Å². The zero-order chi connectivity index (χ0) is 13.1. The summed E-state index contributed by atoms with van der Waals surface area (Å²) < 4.78 is 5.30. The van der Waals surface area contributed by atoms with E-state index in [9.17, 15) is 4.79 Å². The van der Waals surface area contributed by atoms with Gasteiger partial charge in [0.25, 0.3) is 0 Å². The molecule has 0 aromatic heterocycles. The summed E-state index contributed by atoms with van der Waals surface area (Å²) in [6, 6.07) is 6.12. The molecule has 2 heterocycles. The fourth-order valence-corrected chi connectivity index (χ4v) is 3.55. The molecule has 3 rings (SSSR count). The molecule has 0 aliphatic carbocycles. The molecule has 2 aliphatic heterocycles. The predicted octanol–water partition coefficient (Wildman–Crippen LogP) is 1.59. The Morgan fingerprint density at radius 1 is 1.33 bits per heavy atom. The van der Waals surface area contributed by atoms with Crippen molar-refractivity contribution in [2.75, 3.05) is 26.1 Å². The Morgan fingerprint density at radius 3 is 2.72 bits per heavy atom. The Morgan fingerprint density at radius 2 is 2.06 bits per heavy atom. The van der Waals surface area contributed by atoms with Crippen LogP contribution in [-0.2, 0) is 10.2 Å². The molecule has 0 spiro atoms. The fraction of sp³-hybridized carbons (Fsp3) is 0.500. The van der Waals surface area contributed by atoms with Gasteiger partial charge in [-0.2, -0.15) is 0 Å². The highest BCUT2D eigenvalue weighted by atomic mass is 16.5. The minimum atomic E-state index is -0.134. The van der Waals surface area contributed by atoms with Crippen molar-refractivity contribution < 1.29 is 9.53 Å². The Hall–Kier alpha value is -1.71. The van der Waals surface area contributed by atoms with E-state index in [-0.39, 0.29) is 17.5 Å². The second kappa shape index (κ2) is 3.40. The first-order chi connectivity index (χ1) is 8.49. The first-order valence-corrected chi connectivity index (χ1v) is 6.16. The highest BCUT2D eigenvalue weighted by Gasteiger charge is 2.55. The molecule has 1 fully saturated rings. The van der Waals surface area contributed by atoms with Gasteiger partial charge in [0, 0.05) is 31.6 Å². The summed E-state index contributed by atoms with van der Waals surface area (Å²) in [6.45, 7) is 2.17. The van der Waals surface area contributed by atoms with Gasteiger partial charge in [0.2, 0.25) is 5.91 Å². The van der Waals surface area contributed by atoms with E-state index in [1.807, 2.05) is 18.0 Å². The summed E-state index contributed by atoms with van der Waals surface area (Å²) in [6.07, 6.45) is 0.686. The molecular weight excluding hydrogens is 228 g/mol. The number of likely N-dealkylation sites (tertiary alicyclic amines) is 1. The molecule has 0 radical (unpaired) electrons. The third-order valence-electron chi connectivity index (χ3n) is 4.41. The monoisotopic (exact) mass is 246 g/mol. The molecule has 0 unspecified atom stereocenters. The largest absolute Gasteiger partial charge is 0.497 e. The molecule has 0 saturated carbocycles. The SMILES string of the molecule is COc1ccc2c(c1)[C@]1(C)CC(=O)N(C)[C@@H]1N2C. The number of carbonyl (C=O) groups is 1. The minimum absolute atomic E-state index is 0.118. The smallest absolute Gasteiger partial charge is 0.225 e. The molecule has 1 amide bonds. The third kappa shape index (κ3) is 1.18. The highest BCUT2D eigenvalue weighted by molar-refractivity contribution is 5.85. The van der Waals surface area contributed by atoms with Gasteiger partial charge in [-0.05, 0) is 23.8 Å². The zero-order valence-electron chi connectivity index (χ0n) is 11.2. The summed E-state index contributed by atoms with van der Waals surface area (Å²) in [5.41, 5.74) is 2.28. The molecular formula is C14H18N2O2. The summed E-state index contributed by atoms with van der Waals surface area (Å²) in [5.74, 6) is 1.06. The summed E-state index contributed by atoms with van der Waals surface area (Å²) in [5, 5.41) is 0. The maximum Gasteiger partial charge on any atom is 0.225 e. The van der Waals surface area contributed by atoms with Crippen LogP contribution in [0.2, 0.25) is 0 Å². The van der Waals surface area contributed by atoms with Crippen molar-refractivity contribution in [1.29, 1.82) is 0 Å². The molecule has 1 saturated heterocycles. The molecule has 2 aliphatic rings. The normalized spacial score (nSPS) is 29.6. The van der Waals surface area contributed by atoms with Crippen LogP contribution in [0.3, 0.4) is 0 Å². The van der Waals surface area contributed by atoms with E-state index in [1.54, 1.807) is 7.11 Å². The summed E-state index contributed by atoms with van der Waals surface area (Å²) in [7, 11) is 5.61. The van der Waals surface area contributed by atoms with E-state index in [0.29, 0.717) is 6.42 Å². The van der Waals surface area contributed by atoms with E-state index in [2.05, 4.69) is 31.0 Å². The number of fused-ring (bicyclic) bond motifs is 3. The quantitative estimate of drug-likeness (QED) is 0.754. The van der Waals surface area contributed by atoms with Crippen LogP contribution in [0.1, 0.15) is 18.9 Å². The molecule has 1 aromatic rings. The number of hydrogen-bond acceptors (Lipinski definition) is 3. The van der Waals surface area contributed by atoms with Crippen LogP contribution >= 0.6 is 0 Å². The van der Waals surface area contributed by atoms with Crippen LogP contribution in [0.5, 0.6) is 5.75 Å². The molecule has 96 valence electrons. The molecule has 1 aromatic carbocycles. The van der Waals surface area contributed by atoms with Gasteiger partial charge in [0.1, 0.15) is 11.9 Å². The lowest BCUT2D eigenvalue weighted by molar-refractivity contribution is -0.127. The molecule has 0 N–H and O–H groups in total. The van der Waals surface area contributed by atoms with Crippen molar-refractivity contribution in [3.05, 3.63) is 23.8 Å². The van der Waals surface area contributed by atoms with Crippen LogP contribution in [0.25, 0.3) is 0 Å². The Bertz CT molecular complexity index is 529. The topological polar surface area (TPSA) is 32.8 Å². The van der Waals surface area contributed by atoms with Gasteiger partial charge in [-0.15, -0.1) is 0 Å². The predicted molar refractivity (Wildman–Crippen MR) is 69.9 cm³/mol. The van der Waals surface area contributed by atoms with Crippen molar-refractivity contribution in [2.45, 2.75) is 24.9 Å². The van der Waals surface area contributed by atoms with E-state index in [4.69, 9.17) is 4.74 Å². The van der Waals surface area contributed by atoms with Gasteiger partial charge in [-0.3, -0.25) is 4.79 Å².